The number of carbonyl (C=O) groups is 2. The summed E-state index contributed by atoms with van der Waals surface area (Å²) in [4.78, 5) is 32.9. The lowest BCUT2D eigenvalue weighted by atomic mass is 10.0. The molecule has 1 saturated heterocycles. The number of rotatable bonds is 4. The minimum absolute atomic E-state index is 0.129. The highest BCUT2D eigenvalue weighted by Gasteiger charge is 2.35. The lowest BCUT2D eigenvalue weighted by Crippen LogP contribution is -2.53. The number of benzene rings is 1. The smallest absolute Gasteiger partial charge is 0.409 e. The van der Waals surface area contributed by atoms with Crippen LogP contribution in [-0.2, 0) is 19.6 Å². The first-order chi connectivity index (χ1) is 13.7. The number of nitrogens with one attached hydrogen (secondary N) is 1. The Morgan fingerprint density at radius 3 is 2.38 bits per heavy atom. The van der Waals surface area contributed by atoms with Crippen molar-refractivity contribution in [3.8, 4) is 0 Å². The molecule has 29 heavy (non-hydrogen) atoms. The summed E-state index contributed by atoms with van der Waals surface area (Å²) in [5, 5.41) is 0. The highest BCUT2D eigenvalue weighted by atomic mass is 32.2. The Bertz CT molecular complexity index is 920. The van der Waals surface area contributed by atoms with Crippen molar-refractivity contribution in [1.82, 2.24) is 14.5 Å². The van der Waals surface area contributed by atoms with Gasteiger partial charge in [0.25, 0.3) is 10.0 Å². The summed E-state index contributed by atoms with van der Waals surface area (Å²) >= 11 is 0. The average Bonchev–Trinajstić information content (AvgIpc) is 2.96. The average molecular weight is 423 g/mol. The van der Waals surface area contributed by atoms with Crippen LogP contribution in [0.1, 0.15) is 26.3 Å². The Kier molecular flexibility index (Phi) is 6.11. The van der Waals surface area contributed by atoms with E-state index >= 15 is 0 Å². The first-order valence-electron chi connectivity index (χ1n) is 9.65. The number of fused-ring (bicyclic) bond motifs is 1. The molecule has 2 amide bonds. The van der Waals surface area contributed by atoms with E-state index in [0.29, 0.717) is 38.3 Å². The van der Waals surface area contributed by atoms with E-state index in [1.54, 1.807) is 34.9 Å². The van der Waals surface area contributed by atoms with Crippen molar-refractivity contribution in [3.63, 3.8) is 0 Å². The Hall–Kier alpha value is -2.62. The second-order valence-electron chi connectivity index (χ2n) is 7.28. The number of sulfonamides is 1. The quantitative estimate of drug-likeness (QED) is 0.780. The highest BCUT2D eigenvalue weighted by Crippen LogP contribution is 2.24. The number of amidine groups is 1. The lowest BCUT2D eigenvalue weighted by Gasteiger charge is -2.35. The van der Waals surface area contributed by atoms with Gasteiger partial charge in [0.2, 0.25) is 5.91 Å². The van der Waals surface area contributed by atoms with Crippen LogP contribution in [0.2, 0.25) is 0 Å². The molecule has 10 heteroatoms. The number of aliphatic imine (C=N–C) groups is 1. The van der Waals surface area contributed by atoms with Gasteiger partial charge in [0.05, 0.1) is 11.5 Å². The molecule has 1 atom stereocenters. The number of piperazine rings is 1. The van der Waals surface area contributed by atoms with Gasteiger partial charge < -0.3 is 14.5 Å². The van der Waals surface area contributed by atoms with Crippen LogP contribution >= 0.6 is 0 Å². The summed E-state index contributed by atoms with van der Waals surface area (Å²) in [5.74, 6) is -0.118. The van der Waals surface area contributed by atoms with Crippen LogP contribution < -0.4 is 4.72 Å². The van der Waals surface area contributed by atoms with Gasteiger partial charge in [-0.15, -0.1) is 0 Å². The second-order valence-corrected chi connectivity index (χ2v) is 8.93. The molecular formula is C19H26N4O5S. The maximum atomic E-state index is 13.1. The summed E-state index contributed by atoms with van der Waals surface area (Å²) in [6.07, 6.45) is -0.378. The van der Waals surface area contributed by atoms with Gasteiger partial charge in [0, 0.05) is 31.7 Å². The molecule has 0 unspecified atom stereocenters. The number of carbonyl (C=O) groups excluding carboxylic acids is 2. The minimum atomic E-state index is -3.66. The largest absolute Gasteiger partial charge is 0.450 e. The molecule has 1 aromatic carbocycles. The molecule has 0 aromatic heterocycles. The first kappa shape index (κ1) is 21.1. The fourth-order valence-electron chi connectivity index (χ4n) is 3.37. The third-order valence-corrected chi connectivity index (χ3v) is 6.33. The Morgan fingerprint density at radius 1 is 1.14 bits per heavy atom. The maximum absolute atomic E-state index is 13.1. The third kappa shape index (κ3) is 4.36. The third-order valence-electron chi connectivity index (χ3n) is 4.93. The number of hydrogen-bond acceptors (Lipinski definition) is 6. The van der Waals surface area contributed by atoms with Crippen molar-refractivity contribution in [3.05, 3.63) is 29.8 Å². The van der Waals surface area contributed by atoms with E-state index in [9.17, 15) is 18.0 Å². The minimum Gasteiger partial charge on any atom is -0.450 e. The first-order valence-corrected chi connectivity index (χ1v) is 11.1. The predicted octanol–water partition coefficient (Wildman–Crippen LogP) is 1.05. The van der Waals surface area contributed by atoms with Crippen molar-refractivity contribution in [2.24, 2.45) is 10.9 Å². The second kappa shape index (κ2) is 8.40. The van der Waals surface area contributed by atoms with Gasteiger partial charge in [-0.3, -0.25) is 14.5 Å². The zero-order chi connectivity index (χ0) is 21.2. The van der Waals surface area contributed by atoms with E-state index in [1.807, 2.05) is 13.8 Å². The summed E-state index contributed by atoms with van der Waals surface area (Å²) in [6.45, 7) is 7.35. The number of nitrogens with zero attached hydrogens (tertiary/aromatic N) is 3. The molecule has 1 fully saturated rings. The van der Waals surface area contributed by atoms with Crippen LogP contribution in [0.4, 0.5) is 4.79 Å². The molecule has 2 heterocycles. The molecule has 2 aliphatic heterocycles. The van der Waals surface area contributed by atoms with Gasteiger partial charge in [-0.2, -0.15) is 0 Å². The molecule has 158 valence electrons. The number of hydrogen-bond donors (Lipinski definition) is 1. The summed E-state index contributed by atoms with van der Waals surface area (Å²) < 4.78 is 32.1. The normalized spacial score (nSPS) is 20.3. The topological polar surface area (TPSA) is 108 Å². The number of ether oxygens (including phenoxy) is 1. The summed E-state index contributed by atoms with van der Waals surface area (Å²) in [7, 11) is -3.66. The van der Waals surface area contributed by atoms with Gasteiger partial charge in [0.15, 0.2) is 0 Å². The zero-order valence-electron chi connectivity index (χ0n) is 16.8. The van der Waals surface area contributed by atoms with E-state index < -0.39 is 16.1 Å². The molecule has 0 saturated carbocycles. The fraction of sp³-hybridized carbons (Fsp3) is 0.526. The SMILES string of the molecule is CCOC(=O)N1CCN(C(=O)[C@@H](N=C2NS(=O)(=O)c3ccccc32)C(C)C)CC1. The lowest BCUT2D eigenvalue weighted by molar-refractivity contribution is -0.135. The summed E-state index contributed by atoms with van der Waals surface area (Å²) in [5.41, 5.74) is 0.470. The van der Waals surface area contributed by atoms with E-state index in [4.69, 9.17) is 4.74 Å². The highest BCUT2D eigenvalue weighted by molar-refractivity contribution is 7.90. The van der Waals surface area contributed by atoms with Crippen molar-refractivity contribution in [1.29, 1.82) is 0 Å². The van der Waals surface area contributed by atoms with Crippen LogP contribution in [0.5, 0.6) is 0 Å². The Balaban J connectivity index is 1.77. The van der Waals surface area contributed by atoms with Gasteiger partial charge in [-0.05, 0) is 25.0 Å². The van der Waals surface area contributed by atoms with Crippen LogP contribution in [0.25, 0.3) is 0 Å². The molecule has 3 rings (SSSR count). The maximum Gasteiger partial charge on any atom is 0.409 e. The standard InChI is InChI=1S/C19H26N4O5S/c1-4-28-19(25)23-11-9-22(10-12-23)18(24)16(13(2)3)20-17-14-7-5-6-8-15(14)29(26,27)21-17/h5-8,13,16H,4,9-12H2,1-3H3,(H,20,21)/t16-/m0/s1. The van der Waals surface area contributed by atoms with Gasteiger partial charge in [-0.1, -0.05) is 26.0 Å². The van der Waals surface area contributed by atoms with Crippen molar-refractivity contribution >= 4 is 27.9 Å². The molecule has 0 spiro atoms. The number of amides is 2. The molecule has 2 aliphatic rings. The van der Waals surface area contributed by atoms with Gasteiger partial charge >= 0.3 is 6.09 Å². The molecule has 0 radical (unpaired) electrons. The molecule has 0 aliphatic carbocycles. The molecular weight excluding hydrogens is 396 g/mol. The van der Waals surface area contributed by atoms with Crippen molar-refractivity contribution in [2.45, 2.75) is 31.7 Å². The van der Waals surface area contributed by atoms with E-state index in [2.05, 4.69) is 9.71 Å². The van der Waals surface area contributed by atoms with Crippen LogP contribution in [0.15, 0.2) is 34.2 Å². The predicted molar refractivity (Wildman–Crippen MR) is 107 cm³/mol. The van der Waals surface area contributed by atoms with E-state index in [1.165, 1.54) is 6.07 Å². The van der Waals surface area contributed by atoms with E-state index in [-0.39, 0.29) is 28.6 Å². The molecule has 1 aromatic rings. The Labute approximate surface area is 170 Å². The molecule has 9 nitrogen and oxygen atoms in total. The van der Waals surface area contributed by atoms with Crippen molar-refractivity contribution < 1.29 is 22.7 Å². The van der Waals surface area contributed by atoms with Crippen molar-refractivity contribution in [2.75, 3.05) is 32.8 Å². The van der Waals surface area contributed by atoms with Crippen LogP contribution in [0, 0.1) is 5.92 Å². The van der Waals surface area contributed by atoms with E-state index in [0.717, 1.165) is 0 Å². The fourth-order valence-corrected chi connectivity index (χ4v) is 4.61. The van der Waals surface area contributed by atoms with Gasteiger partial charge in [0.1, 0.15) is 11.9 Å². The molecule has 0 bridgehead atoms. The summed E-state index contributed by atoms with van der Waals surface area (Å²) in [6, 6.07) is 5.84. The van der Waals surface area contributed by atoms with Crippen LogP contribution in [-0.4, -0.2) is 74.9 Å². The zero-order valence-corrected chi connectivity index (χ0v) is 17.6. The van der Waals surface area contributed by atoms with Crippen LogP contribution in [0.3, 0.4) is 0 Å². The molecule has 1 N–H and O–H groups in total. The van der Waals surface area contributed by atoms with Gasteiger partial charge in [-0.25, -0.2) is 13.2 Å². The Morgan fingerprint density at radius 2 is 1.76 bits per heavy atom. The monoisotopic (exact) mass is 422 g/mol.